The predicted molar refractivity (Wildman–Crippen MR) is 98.4 cm³/mol. The molecule has 0 aromatic heterocycles. The molecule has 2 aromatic carbocycles. The first-order chi connectivity index (χ1) is 12.5. The molecule has 6 nitrogen and oxygen atoms in total. The van der Waals surface area contributed by atoms with Crippen molar-refractivity contribution >= 4 is 35.6 Å². The lowest BCUT2D eigenvalue weighted by atomic mass is 10.1. The molecule has 0 heterocycles. The van der Waals surface area contributed by atoms with E-state index in [1.165, 1.54) is 19.2 Å². The van der Waals surface area contributed by atoms with E-state index in [0.29, 0.717) is 10.6 Å². The number of hydrogen-bond acceptors (Lipinski definition) is 4. The molecular weight excluding hydrogens is 356 g/mol. The maximum Gasteiger partial charge on any atom is 0.331 e. The molecule has 2 N–H and O–H groups in total. The van der Waals surface area contributed by atoms with Gasteiger partial charge in [-0.3, -0.25) is 10.1 Å². The number of ether oxygens (including phenoxy) is 1. The van der Waals surface area contributed by atoms with E-state index in [0.717, 1.165) is 5.56 Å². The number of carbonyl (C=O) groups is 3. The number of rotatable bonds is 5. The van der Waals surface area contributed by atoms with Crippen LogP contribution in [-0.4, -0.2) is 25.0 Å². The highest BCUT2D eigenvalue weighted by Crippen LogP contribution is 2.18. The molecule has 0 unspecified atom stereocenters. The van der Waals surface area contributed by atoms with Gasteiger partial charge < -0.3 is 10.1 Å². The molecule has 0 spiro atoms. The van der Waals surface area contributed by atoms with E-state index in [1.54, 1.807) is 54.6 Å². The fraction of sp³-hybridized carbons (Fsp3) is 0.105. The van der Waals surface area contributed by atoms with Crippen molar-refractivity contribution in [1.29, 1.82) is 0 Å². The fourth-order valence-electron chi connectivity index (χ4n) is 2.03. The highest BCUT2D eigenvalue weighted by molar-refractivity contribution is 6.30. The fourth-order valence-corrected chi connectivity index (χ4v) is 2.16. The third kappa shape index (κ3) is 5.75. The monoisotopic (exact) mass is 372 g/mol. The van der Waals surface area contributed by atoms with Crippen molar-refractivity contribution in [2.75, 3.05) is 7.05 Å². The number of carbonyl (C=O) groups excluding carboxylic acids is 3. The minimum absolute atomic E-state index is 0.446. The van der Waals surface area contributed by atoms with Gasteiger partial charge in [-0.25, -0.2) is 9.59 Å². The molecule has 0 radical (unpaired) electrons. The van der Waals surface area contributed by atoms with Crippen LogP contribution in [0, 0.1) is 0 Å². The van der Waals surface area contributed by atoms with Crippen LogP contribution < -0.4 is 10.6 Å². The molecule has 0 aliphatic rings. The lowest BCUT2D eigenvalue weighted by molar-refractivity contribution is -0.151. The summed E-state index contributed by atoms with van der Waals surface area (Å²) in [6, 6.07) is 14.6. The van der Waals surface area contributed by atoms with Gasteiger partial charge in [0, 0.05) is 23.7 Å². The van der Waals surface area contributed by atoms with Gasteiger partial charge in [-0.15, -0.1) is 0 Å². The van der Waals surface area contributed by atoms with Crippen LogP contribution in [0.25, 0.3) is 6.08 Å². The number of halogens is 1. The maximum atomic E-state index is 12.3. The van der Waals surface area contributed by atoms with Crippen LogP contribution in [0.1, 0.15) is 17.2 Å². The zero-order chi connectivity index (χ0) is 18.9. The van der Waals surface area contributed by atoms with Gasteiger partial charge in [-0.05, 0) is 23.8 Å². The van der Waals surface area contributed by atoms with Gasteiger partial charge >= 0.3 is 12.0 Å². The van der Waals surface area contributed by atoms with Crippen LogP contribution in [0.15, 0.2) is 60.7 Å². The summed E-state index contributed by atoms with van der Waals surface area (Å²) >= 11 is 5.81. The normalized spacial score (nSPS) is 11.6. The number of nitrogens with one attached hydrogen (secondary N) is 2. The molecule has 7 heteroatoms. The smallest absolute Gasteiger partial charge is 0.331 e. The largest absolute Gasteiger partial charge is 0.444 e. The van der Waals surface area contributed by atoms with Gasteiger partial charge in [-0.1, -0.05) is 54.1 Å². The lowest BCUT2D eigenvalue weighted by Crippen LogP contribution is -2.41. The number of urea groups is 1. The second-order valence-electron chi connectivity index (χ2n) is 5.18. The summed E-state index contributed by atoms with van der Waals surface area (Å²) in [5.41, 5.74) is 1.19. The summed E-state index contributed by atoms with van der Waals surface area (Å²) in [6.45, 7) is 0. The first kappa shape index (κ1) is 19.2. The zero-order valence-corrected chi connectivity index (χ0v) is 14.7. The zero-order valence-electron chi connectivity index (χ0n) is 13.9. The van der Waals surface area contributed by atoms with Crippen LogP contribution in [0.4, 0.5) is 4.79 Å². The molecule has 1 atom stereocenters. The van der Waals surface area contributed by atoms with Crippen LogP contribution >= 0.6 is 11.6 Å². The first-order valence-electron chi connectivity index (χ1n) is 7.71. The van der Waals surface area contributed by atoms with Gasteiger partial charge in [0.15, 0.2) is 0 Å². The standard InChI is InChI=1S/C19H17ClN2O4/c1-21-19(25)22-18(24)17(14-5-3-2-4-6-14)26-16(23)12-9-13-7-10-15(20)11-8-13/h2-12,17H,1H3,(H2,21,22,24,25)/b12-9+/t17-/m1/s1. The second-order valence-corrected chi connectivity index (χ2v) is 5.62. The molecule has 2 aromatic rings. The Morgan fingerprint density at radius 3 is 2.31 bits per heavy atom. The van der Waals surface area contributed by atoms with Crippen molar-refractivity contribution in [1.82, 2.24) is 10.6 Å². The summed E-state index contributed by atoms with van der Waals surface area (Å²) in [7, 11) is 1.38. The van der Waals surface area contributed by atoms with Crippen molar-refractivity contribution in [2.45, 2.75) is 6.10 Å². The van der Waals surface area contributed by atoms with Crippen molar-refractivity contribution < 1.29 is 19.1 Å². The summed E-state index contributed by atoms with van der Waals surface area (Å²) < 4.78 is 5.25. The molecule has 26 heavy (non-hydrogen) atoms. The van der Waals surface area contributed by atoms with E-state index in [-0.39, 0.29) is 0 Å². The number of amides is 3. The van der Waals surface area contributed by atoms with Crippen molar-refractivity contribution in [3.63, 3.8) is 0 Å². The van der Waals surface area contributed by atoms with E-state index < -0.39 is 24.0 Å². The van der Waals surface area contributed by atoms with Crippen LogP contribution in [0.2, 0.25) is 5.02 Å². The molecule has 0 saturated carbocycles. The van der Waals surface area contributed by atoms with E-state index >= 15 is 0 Å². The molecular formula is C19H17ClN2O4. The van der Waals surface area contributed by atoms with Gasteiger partial charge in [0.25, 0.3) is 5.91 Å². The SMILES string of the molecule is CNC(=O)NC(=O)[C@H](OC(=O)/C=C/c1ccc(Cl)cc1)c1ccccc1. The predicted octanol–water partition coefficient (Wildman–Crippen LogP) is 3.09. The average molecular weight is 373 g/mol. The Morgan fingerprint density at radius 2 is 1.69 bits per heavy atom. The molecule has 3 amide bonds. The van der Waals surface area contributed by atoms with Crippen LogP contribution in [-0.2, 0) is 14.3 Å². The summed E-state index contributed by atoms with van der Waals surface area (Å²) in [5.74, 6) is -1.47. The second kappa shape index (κ2) is 9.39. The Labute approximate surface area is 155 Å². The summed E-state index contributed by atoms with van der Waals surface area (Å²) in [5, 5.41) is 4.96. The molecule has 0 aliphatic carbocycles. The third-order valence-corrected chi connectivity index (χ3v) is 3.57. The van der Waals surface area contributed by atoms with Crippen LogP contribution in [0.3, 0.4) is 0 Å². The van der Waals surface area contributed by atoms with Gasteiger partial charge in [0.05, 0.1) is 0 Å². The topological polar surface area (TPSA) is 84.5 Å². The summed E-state index contributed by atoms with van der Waals surface area (Å²) in [4.78, 5) is 35.8. The Morgan fingerprint density at radius 1 is 1.04 bits per heavy atom. The van der Waals surface area contributed by atoms with Crippen LogP contribution in [0.5, 0.6) is 0 Å². The number of benzene rings is 2. The highest BCUT2D eigenvalue weighted by Gasteiger charge is 2.25. The maximum absolute atomic E-state index is 12.3. The molecule has 0 aliphatic heterocycles. The average Bonchev–Trinajstić information content (AvgIpc) is 2.66. The van der Waals surface area contributed by atoms with Crippen molar-refractivity contribution in [3.05, 3.63) is 76.8 Å². The van der Waals surface area contributed by atoms with E-state index in [4.69, 9.17) is 16.3 Å². The third-order valence-electron chi connectivity index (χ3n) is 3.32. The molecule has 0 bridgehead atoms. The summed E-state index contributed by atoms with van der Waals surface area (Å²) in [6.07, 6.45) is 1.49. The van der Waals surface area contributed by atoms with Gasteiger partial charge in [0.2, 0.25) is 6.10 Å². The number of hydrogen-bond donors (Lipinski definition) is 2. The van der Waals surface area contributed by atoms with E-state index in [1.807, 2.05) is 0 Å². The number of imide groups is 1. The Kier molecular flexibility index (Phi) is 6.93. The lowest BCUT2D eigenvalue weighted by Gasteiger charge is -2.16. The molecule has 0 saturated heterocycles. The molecule has 134 valence electrons. The highest BCUT2D eigenvalue weighted by atomic mass is 35.5. The first-order valence-corrected chi connectivity index (χ1v) is 8.09. The Bertz CT molecular complexity index is 804. The number of esters is 1. The van der Waals surface area contributed by atoms with E-state index in [9.17, 15) is 14.4 Å². The molecule has 0 fully saturated rings. The minimum Gasteiger partial charge on any atom is -0.444 e. The molecule has 2 rings (SSSR count). The minimum atomic E-state index is -1.25. The van der Waals surface area contributed by atoms with Crippen molar-refractivity contribution in [2.24, 2.45) is 0 Å². The Balaban J connectivity index is 2.12. The van der Waals surface area contributed by atoms with Gasteiger partial charge in [0.1, 0.15) is 0 Å². The van der Waals surface area contributed by atoms with Gasteiger partial charge in [-0.2, -0.15) is 0 Å². The Hall–Kier alpha value is -3.12. The van der Waals surface area contributed by atoms with E-state index in [2.05, 4.69) is 10.6 Å². The van der Waals surface area contributed by atoms with Crippen molar-refractivity contribution in [3.8, 4) is 0 Å². The quantitative estimate of drug-likeness (QED) is 0.624.